The Kier molecular flexibility index (Phi) is 8.10. The smallest absolute Gasteiger partial charge is 0.338 e. The number of carbonyl (C=O) groups is 2. The summed E-state index contributed by atoms with van der Waals surface area (Å²) in [6, 6.07) is 12.5. The number of hydrogen-bond acceptors (Lipinski definition) is 8. The van der Waals surface area contributed by atoms with Gasteiger partial charge < -0.3 is 14.2 Å². The summed E-state index contributed by atoms with van der Waals surface area (Å²) < 4.78 is 17.0. The third-order valence-electron chi connectivity index (χ3n) is 5.67. The van der Waals surface area contributed by atoms with Crippen LogP contribution in [0.5, 0.6) is 5.75 Å². The van der Waals surface area contributed by atoms with Crippen molar-refractivity contribution >= 4 is 38.6 Å². The molecule has 180 valence electrons. The molecule has 0 saturated carbocycles. The molecule has 2 aromatic carbocycles. The average Bonchev–Trinajstić information content (AvgIpc) is 3.31. The Morgan fingerprint density at radius 3 is 2.62 bits per heavy atom. The molecule has 0 bridgehead atoms. The lowest BCUT2D eigenvalue weighted by molar-refractivity contribution is 0.0376. The van der Waals surface area contributed by atoms with E-state index in [4.69, 9.17) is 19.2 Å². The van der Waals surface area contributed by atoms with Gasteiger partial charge in [0.05, 0.1) is 42.8 Å². The van der Waals surface area contributed by atoms with Crippen LogP contribution in [-0.4, -0.2) is 74.9 Å². The summed E-state index contributed by atoms with van der Waals surface area (Å²) in [7, 11) is 1.31. The van der Waals surface area contributed by atoms with E-state index in [9.17, 15) is 9.59 Å². The van der Waals surface area contributed by atoms with Crippen molar-refractivity contribution in [3.63, 3.8) is 0 Å². The molecule has 34 heavy (non-hydrogen) atoms. The molecule has 0 radical (unpaired) electrons. The molecule has 1 saturated heterocycles. The Morgan fingerprint density at radius 1 is 1.12 bits per heavy atom. The van der Waals surface area contributed by atoms with Gasteiger partial charge in [-0.25, -0.2) is 9.78 Å². The first-order valence-electron chi connectivity index (χ1n) is 11.4. The Morgan fingerprint density at radius 2 is 1.88 bits per heavy atom. The van der Waals surface area contributed by atoms with Crippen molar-refractivity contribution in [2.45, 2.75) is 13.3 Å². The standard InChI is InChI=1S/C25H29N3O5S/c1-3-33-20-10-6-11-21-22(20)26-25(34-21)28(13-7-12-27-14-16-32-17-15-27)23(29)18-8-4-5-9-19(18)24(30)31-2/h4-6,8-11H,3,7,12-17H2,1-2H3. The quantitative estimate of drug-likeness (QED) is 0.428. The zero-order valence-corrected chi connectivity index (χ0v) is 20.3. The highest BCUT2D eigenvalue weighted by Gasteiger charge is 2.26. The number of hydrogen-bond donors (Lipinski definition) is 0. The summed E-state index contributed by atoms with van der Waals surface area (Å²) in [5.74, 6) is -0.127. The maximum Gasteiger partial charge on any atom is 0.338 e. The fourth-order valence-electron chi connectivity index (χ4n) is 3.96. The number of morpholine rings is 1. The molecule has 4 rings (SSSR count). The van der Waals surface area contributed by atoms with Crippen molar-refractivity contribution in [3.05, 3.63) is 53.6 Å². The summed E-state index contributed by atoms with van der Waals surface area (Å²) in [5, 5.41) is 0.578. The van der Waals surface area contributed by atoms with Gasteiger partial charge in [0.2, 0.25) is 0 Å². The number of ether oxygens (including phenoxy) is 3. The second-order valence-electron chi connectivity index (χ2n) is 7.83. The molecular formula is C25H29N3O5S. The number of fused-ring (bicyclic) bond motifs is 1. The van der Waals surface area contributed by atoms with E-state index in [0.717, 1.165) is 49.5 Å². The Bertz CT molecular complexity index is 1140. The molecule has 1 amide bonds. The third kappa shape index (κ3) is 5.38. The van der Waals surface area contributed by atoms with Gasteiger partial charge >= 0.3 is 5.97 Å². The maximum absolute atomic E-state index is 13.8. The van der Waals surface area contributed by atoms with Crippen molar-refractivity contribution in [2.24, 2.45) is 0 Å². The zero-order chi connectivity index (χ0) is 23.9. The predicted molar refractivity (Wildman–Crippen MR) is 132 cm³/mol. The van der Waals surface area contributed by atoms with Gasteiger partial charge in [-0.05, 0) is 37.6 Å². The highest BCUT2D eigenvalue weighted by atomic mass is 32.1. The lowest BCUT2D eigenvalue weighted by Gasteiger charge is -2.28. The first-order valence-corrected chi connectivity index (χ1v) is 12.3. The number of esters is 1. The van der Waals surface area contributed by atoms with E-state index in [0.29, 0.717) is 29.6 Å². The van der Waals surface area contributed by atoms with Crippen molar-refractivity contribution < 1.29 is 23.8 Å². The molecule has 0 atom stereocenters. The SMILES string of the molecule is CCOc1cccc2sc(N(CCCN3CCOCC3)C(=O)c3ccccc3C(=O)OC)nc12. The number of rotatable bonds is 9. The van der Waals surface area contributed by atoms with Gasteiger partial charge in [-0.3, -0.25) is 14.6 Å². The number of methoxy groups -OCH3 is 1. The van der Waals surface area contributed by atoms with Crippen LogP contribution >= 0.6 is 11.3 Å². The number of anilines is 1. The third-order valence-corrected chi connectivity index (χ3v) is 6.71. The molecule has 3 aromatic rings. The van der Waals surface area contributed by atoms with Crippen LogP contribution in [0.25, 0.3) is 10.2 Å². The number of carbonyl (C=O) groups excluding carboxylic acids is 2. The molecule has 1 aliphatic rings. The largest absolute Gasteiger partial charge is 0.492 e. The van der Waals surface area contributed by atoms with E-state index < -0.39 is 5.97 Å². The van der Waals surface area contributed by atoms with Crippen LogP contribution < -0.4 is 9.64 Å². The van der Waals surface area contributed by atoms with Gasteiger partial charge in [0.25, 0.3) is 5.91 Å². The summed E-state index contributed by atoms with van der Waals surface area (Å²) >= 11 is 1.44. The molecule has 2 heterocycles. The second kappa shape index (κ2) is 11.4. The lowest BCUT2D eigenvalue weighted by atomic mass is 10.1. The molecule has 0 unspecified atom stereocenters. The molecular weight excluding hydrogens is 454 g/mol. The molecule has 9 heteroatoms. The molecule has 0 N–H and O–H groups in total. The molecule has 8 nitrogen and oxygen atoms in total. The topological polar surface area (TPSA) is 81.2 Å². The Labute approximate surface area is 203 Å². The van der Waals surface area contributed by atoms with E-state index >= 15 is 0 Å². The van der Waals surface area contributed by atoms with Crippen molar-refractivity contribution in [3.8, 4) is 5.75 Å². The number of aromatic nitrogens is 1. The molecule has 0 aliphatic carbocycles. The van der Waals surface area contributed by atoms with Crippen LogP contribution in [-0.2, 0) is 9.47 Å². The van der Waals surface area contributed by atoms with Crippen LogP contribution in [0.1, 0.15) is 34.1 Å². The zero-order valence-electron chi connectivity index (χ0n) is 19.5. The van der Waals surface area contributed by atoms with Gasteiger partial charge in [0.15, 0.2) is 5.13 Å². The van der Waals surface area contributed by atoms with Crippen molar-refractivity contribution in [1.82, 2.24) is 9.88 Å². The molecule has 1 aliphatic heterocycles. The van der Waals surface area contributed by atoms with E-state index in [-0.39, 0.29) is 11.5 Å². The second-order valence-corrected chi connectivity index (χ2v) is 8.84. The van der Waals surface area contributed by atoms with Crippen LogP contribution in [0.15, 0.2) is 42.5 Å². The first kappa shape index (κ1) is 24.1. The summed E-state index contributed by atoms with van der Waals surface area (Å²) in [6.07, 6.45) is 0.764. The highest BCUT2D eigenvalue weighted by molar-refractivity contribution is 7.22. The van der Waals surface area contributed by atoms with Gasteiger partial charge in [-0.1, -0.05) is 29.5 Å². The van der Waals surface area contributed by atoms with Crippen molar-refractivity contribution in [2.75, 3.05) is 58.0 Å². The predicted octanol–water partition coefficient (Wildman–Crippen LogP) is 3.85. The first-order chi connectivity index (χ1) is 16.6. The molecule has 1 fully saturated rings. The minimum absolute atomic E-state index is 0.240. The van der Waals surface area contributed by atoms with Gasteiger partial charge in [0.1, 0.15) is 11.3 Å². The molecule has 1 aromatic heterocycles. The average molecular weight is 484 g/mol. The number of nitrogens with zero attached hydrogens (tertiary/aromatic N) is 3. The van der Waals surface area contributed by atoms with Gasteiger partial charge in [-0.2, -0.15) is 0 Å². The van der Waals surface area contributed by atoms with Crippen LogP contribution in [0.4, 0.5) is 5.13 Å². The Hall–Kier alpha value is -3.01. The van der Waals surface area contributed by atoms with E-state index in [1.54, 1.807) is 29.2 Å². The maximum atomic E-state index is 13.8. The molecule has 0 spiro atoms. The fourth-order valence-corrected chi connectivity index (χ4v) is 4.97. The number of thiazole rings is 1. The Balaban J connectivity index is 1.66. The van der Waals surface area contributed by atoms with Crippen LogP contribution in [0.3, 0.4) is 0 Å². The minimum Gasteiger partial charge on any atom is -0.492 e. The van der Waals surface area contributed by atoms with Crippen LogP contribution in [0, 0.1) is 0 Å². The monoisotopic (exact) mass is 483 g/mol. The van der Waals surface area contributed by atoms with E-state index in [2.05, 4.69) is 4.90 Å². The lowest BCUT2D eigenvalue weighted by Crippen LogP contribution is -2.39. The van der Waals surface area contributed by atoms with Crippen LogP contribution in [0.2, 0.25) is 0 Å². The number of amides is 1. The van der Waals surface area contributed by atoms with Gasteiger partial charge in [0, 0.05) is 26.2 Å². The number of benzene rings is 2. The summed E-state index contributed by atoms with van der Waals surface area (Å²) in [6.45, 7) is 7.00. The minimum atomic E-state index is -0.542. The fraction of sp³-hybridized carbons (Fsp3) is 0.400. The summed E-state index contributed by atoms with van der Waals surface area (Å²) in [4.78, 5) is 34.9. The summed E-state index contributed by atoms with van der Waals surface area (Å²) in [5.41, 5.74) is 1.27. The normalized spacial score (nSPS) is 14.2. The van der Waals surface area contributed by atoms with Gasteiger partial charge in [-0.15, -0.1) is 0 Å². The number of para-hydroxylation sites is 1. The van der Waals surface area contributed by atoms with Crippen molar-refractivity contribution in [1.29, 1.82) is 0 Å². The highest BCUT2D eigenvalue weighted by Crippen LogP contribution is 2.35. The van der Waals surface area contributed by atoms with E-state index in [1.165, 1.54) is 18.4 Å². The van der Waals surface area contributed by atoms with E-state index in [1.807, 2.05) is 25.1 Å².